The van der Waals surface area contributed by atoms with Crippen molar-refractivity contribution in [2.45, 2.75) is 6.92 Å². The van der Waals surface area contributed by atoms with Crippen LogP contribution in [0.3, 0.4) is 0 Å². The average Bonchev–Trinajstić information content (AvgIpc) is 2.91. The summed E-state index contributed by atoms with van der Waals surface area (Å²) in [5.74, 6) is -0.318. The van der Waals surface area contributed by atoms with Crippen molar-refractivity contribution in [3.8, 4) is 0 Å². The number of allylic oxidation sites excluding steroid dienone is 1. The first-order valence-corrected chi connectivity index (χ1v) is 6.29. The van der Waals surface area contributed by atoms with E-state index < -0.39 is 0 Å². The molecule has 0 aliphatic carbocycles. The number of imide groups is 1. The van der Waals surface area contributed by atoms with E-state index in [-0.39, 0.29) is 11.1 Å². The smallest absolute Gasteiger partial charge is 0.290 e. The third kappa shape index (κ3) is 1.73. The zero-order chi connectivity index (χ0) is 12.7. The molecule has 1 fully saturated rings. The molecule has 0 unspecified atom stereocenters. The monoisotopic (exact) mass is 258 g/mol. The minimum atomic E-state index is -0.318. The maximum absolute atomic E-state index is 11.6. The maximum Gasteiger partial charge on any atom is 0.290 e. The Bertz CT molecular complexity index is 667. The quantitative estimate of drug-likeness (QED) is 0.773. The lowest BCUT2D eigenvalue weighted by molar-refractivity contribution is -0.115. The molecule has 3 rings (SSSR count). The SMILES string of the molecule is CC(=C1SC(=O)NC1=O)c1cc2ccccc2[nH]1. The standard InChI is InChI=1S/C13H10N2O2S/c1-7(11-12(16)15-13(17)18-11)10-6-8-4-2-3-5-9(8)14-10/h2-6,14H,1H3,(H,15,16,17). The third-order valence-corrected chi connectivity index (χ3v) is 3.87. The first-order chi connectivity index (χ1) is 8.65. The number of fused-ring (bicyclic) bond motifs is 1. The van der Waals surface area contributed by atoms with Crippen molar-refractivity contribution in [3.05, 3.63) is 40.9 Å². The molecule has 18 heavy (non-hydrogen) atoms. The second-order valence-corrected chi connectivity index (χ2v) is 5.05. The Hall–Kier alpha value is -2.01. The Morgan fingerprint density at radius 1 is 1.22 bits per heavy atom. The fraction of sp³-hybridized carbons (Fsp3) is 0.0769. The lowest BCUT2D eigenvalue weighted by Crippen LogP contribution is -2.18. The summed E-state index contributed by atoms with van der Waals surface area (Å²) in [6.45, 7) is 1.84. The predicted molar refractivity (Wildman–Crippen MR) is 72.0 cm³/mol. The van der Waals surface area contributed by atoms with Crippen LogP contribution < -0.4 is 5.32 Å². The van der Waals surface area contributed by atoms with Crippen LogP contribution in [0.15, 0.2) is 35.2 Å². The van der Waals surface area contributed by atoms with Crippen LogP contribution >= 0.6 is 11.8 Å². The van der Waals surface area contributed by atoms with E-state index in [1.165, 1.54) is 0 Å². The molecule has 0 radical (unpaired) electrons. The van der Waals surface area contributed by atoms with Gasteiger partial charge in [0.15, 0.2) is 0 Å². The highest BCUT2D eigenvalue weighted by atomic mass is 32.2. The molecule has 4 nitrogen and oxygen atoms in total. The normalized spacial score (nSPS) is 18.3. The summed E-state index contributed by atoms with van der Waals surface area (Å²) in [5, 5.41) is 3.04. The van der Waals surface area contributed by atoms with Gasteiger partial charge in [0.25, 0.3) is 11.1 Å². The maximum atomic E-state index is 11.6. The fourth-order valence-electron chi connectivity index (χ4n) is 1.96. The Morgan fingerprint density at radius 2 is 2.00 bits per heavy atom. The molecule has 2 aromatic rings. The van der Waals surface area contributed by atoms with E-state index in [2.05, 4.69) is 10.3 Å². The summed E-state index contributed by atoms with van der Waals surface area (Å²) in [6, 6.07) is 9.87. The van der Waals surface area contributed by atoms with Crippen molar-refractivity contribution in [2.24, 2.45) is 0 Å². The third-order valence-electron chi connectivity index (χ3n) is 2.89. The Morgan fingerprint density at radius 3 is 2.67 bits per heavy atom. The van der Waals surface area contributed by atoms with Gasteiger partial charge in [-0.05, 0) is 41.8 Å². The zero-order valence-corrected chi connectivity index (χ0v) is 10.4. The molecule has 1 saturated heterocycles. The van der Waals surface area contributed by atoms with Gasteiger partial charge in [0.2, 0.25) is 0 Å². The lowest BCUT2D eigenvalue weighted by atomic mass is 10.2. The van der Waals surface area contributed by atoms with Crippen molar-refractivity contribution in [2.75, 3.05) is 0 Å². The second-order valence-electron chi connectivity index (χ2n) is 4.07. The molecule has 90 valence electrons. The van der Waals surface area contributed by atoms with Crippen LogP contribution in [-0.2, 0) is 4.79 Å². The van der Waals surface area contributed by atoms with Crippen molar-refractivity contribution in [3.63, 3.8) is 0 Å². The second kappa shape index (κ2) is 4.03. The van der Waals surface area contributed by atoms with Crippen LogP contribution in [0.1, 0.15) is 12.6 Å². The summed E-state index contributed by atoms with van der Waals surface area (Å²) in [6.07, 6.45) is 0. The van der Waals surface area contributed by atoms with Crippen LogP contribution in [0.2, 0.25) is 0 Å². The number of H-pyrrole nitrogens is 1. The molecule has 1 aromatic carbocycles. The number of aromatic amines is 1. The molecular weight excluding hydrogens is 248 g/mol. The number of amides is 2. The van der Waals surface area contributed by atoms with E-state index in [1.54, 1.807) is 0 Å². The van der Waals surface area contributed by atoms with Crippen molar-refractivity contribution in [1.82, 2.24) is 10.3 Å². The molecule has 0 spiro atoms. The highest BCUT2D eigenvalue weighted by Gasteiger charge is 2.27. The van der Waals surface area contributed by atoms with Crippen molar-refractivity contribution >= 4 is 39.4 Å². The van der Waals surface area contributed by atoms with Gasteiger partial charge in [-0.2, -0.15) is 0 Å². The van der Waals surface area contributed by atoms with Gasteiger partial charge >= 0.3 is 0 Å². The number of rotatable bonds is 1. The number of para-hydroxylation sites is 1. The van der Waals surface area contributed by atoms with Crippen LogP contribution in [0.25, 0.3) is 16.5 Å². The summed E-state index contributed by atoms with van der Waals surface area (Å²) in [5.41, 5.74) is 2.67. The topological polar surface area (TPSA) is 62.0 Å². The highest BCUT2D eigenvalue weighted by molar-refractivity contribution is 8.18. The van der Waals surface area contributed by atoms with Crippen LogP contribution in [-0.4, -0.2) is 16.1 Å². The summed E-state index contributed by atoms with van der Waals surface area (Å²) < 4.78 is 0. The van der Waals surface area contributed by atoms with Crippen LogP contribution in [0.5, 0.6) is 0 Å². The number of carbonyl (C=O) groups is 2. The van der Waals surface area contributed by atoms with Gasteiger partial charge in [0, 0.05) is 11.2 Å². The minimum Gasteiger partial charge on any atom is -0.355 e. The van der Waals surface area contributed by atoms with Gasteiger partial charge in [-0.25, -0.2) is 0 Å². The van der Waals surface area contributed by atoms with Gasteiger partial charge in [-0.15, -0.1) is 0 Å². The van der Waals surface area contributed by atoms with Gasteiger partial charge in [-0.1, -0.05) is 18.2 Å². The minimum absolute atomic E-state index is 0.314. The lowest BCUT2D eigenvalue weighted by Gasteiger charge is -1.99. The molecule has 0 atom stereocenters. The fourth-order valence-corrected chi connectivity index (χ4v) is 2.69. The van der Waals surface area contributed by atoms with Gasteiger partial charge < -0.3 is 4.98 Å². The highest BCUT2D eigenvalue weighted by Crippen LogP contribution is 2.32. The number of carbonyl (C=O) groups excluding carboxylic acids is 2. The molecule has 1 aliphatic heterocycles. The zero-order valence-electron chi connectivity index (χ0n) is 9.61. The summed E-state index contributed by atoms with van der Waals surface area (Å²) >= 11 is 0.947. The van der Waals surface area contributed by atoms with E-state index >= 15 is 0 Å². The number of benzene rings is 1. The molecule has 0 bridgehead atoms. The molecule has 2 N–H and O–H groups in total. The van der Waals surface area contributed by atoms with E-state index in [0.29, 0.717) is 4.91 Å². The Kier molecular flexibility index (Phi) is 2.48. The molecular formula is C13H10N2O2S. The van der Waals surface area contributed by atoms with Gasteiger partial charge in [0.1, 0.15) is 0 Å². The molecule has 5 heteroatoms. The molecule has 1 aliphatic rings. The summed E-state index contributed by atoms with van der Waals surface area (Å²) in [4.78, 5) is 26.5. The van der Waals surface area contributed by atoms with Crippen molar-refractivity contribution < 1.29 is 9.59 Å². The molecule has 0 saturated carbocycles. The van der Waals surface area contributed by atoms with Gasteiger partial charge in [0.05, 0.1) is 4.91 Å². The number of hydrogen-bond donors (Lipinski definition) is 2. The average molecular weight is 258 g/mol. The predicted octanol–water partition coefficient (Wildman–Crippen LogP) is 2.88. The number of hydrogen-bond acceptors (Lipinski definition) is 3. The van der Waals surface area contributed by atoms with Gasteiger partial charge in [-0.3, -0.25) is 14.9 Å². The number of thioether (sulfide) groups is 1. The molecule has 2 amide bonds. The molecule has 1 aromatic heterocycles. The largest absolute Gasteiger partial charge is 0.355 e. The van der Waals surface area contributed by atoms with E-state index in [9.17, 15) is 9.59 Å². The Balaban J connectivity index is 2.11. The van der Waals surface area contributed by atoms with Crippen molar-refractivity contribution in [1.29, 1.82) is 0 Å². The first-order valence-electron chi connectivity index (χ1n) is 5.47. The number of nitrogens with one attached hydrogen (secondary N) is 2. The number of aromatic nitrogens is 1. The van der Waals surface area contributed by atoms with E-state index in [4.69, 9.17) is 0 Å². The molecule has 2 heterocycles. The van der Waals surface area contributed by atoms with E-state index in [1.807, 2.05) is 37.3 Å². The van der Waals surface area contributed by atoms with Crippen LogP contribution in [0, 0.1) is 0 Å². The first kappa shape index (κ1) is 11.1. The Labute approximate surface area is 107 Å². The van der Waals surface area contributed by atoms with E-state index in [0.717, 1.165) is 33.9 Å². The summed E-state index contributed by atoms with van der Waals surface area (Å²) in [7, 11) is 0. The van der Waals surface area contributed by atoms with Crippen LogP contribution in [0.4, 0.5) is 4.79 Å².